The van der Waals surface area contributed by atoms with Crippen molar-refractivity contribution in [2.45, 2.75) is 19.8 Å². The highest BCUT2D eigenvalue weighted by atomic mass is 16.5. The second-order valence-corrected chi connectivity index (χ2v) is 3.48. The molecule has 4 nitrogen and oxygen atoms in total. The highest BCUT2D eigenvalue weighted by Gasteiger charge is 2.04. The molecular weight excluding hydrogens is 206 g/mol. The molecule has 0 heterocycles. The van der Waals surface area contributed by atoms with Crippen LogP contribution in [0.3, 0.4) is 0 Å². The minimum Gasteiger partial charge on any atom is -0.496 e. The first-order valence-electron chi connectivity index (χ1n) is 5.30. The second kappa shape index (κ2) is 6.00. The van der Waals surface area contributed by atoms with Gasteiger partial charge in [-0.1, -0.05) is 19.1 Å². The van der Waals surface area contributed by atoms with Crippen molar-refractivity contribution in [2.75, 3.05) is 13.7 Å². The van der Waals surface area contributed by atoms with Gasteiger partial charge in [-0.3, -0.25) is 0 Å². The lowest BCUT2D eigenvalue weighted by atomic mass is 10.1. The standard InChI is InChI=1S/C12H17NO3/c1-3-9-4-5-11(16-2)10(8-9)6-7-13-12(14)15/h4-5,8,13H,3,6-7H2,1-2H3,(H,14,15). The van der Waals surface area contributed by atoms with Crippen molar-refractivity contribution in [2.24, 2.45) is 0 Å². The van der Waals surface area contributed by atoms with E-state index >= 15 is 0 Å². The summed E-state index contributed by atoms with van der Waals surface area (Å²) in [7, 11) is 1.62. The zero-order chi connectivity index (χ0) is 12.0. The first-order valence-corrected chi connectivity index (χ1v) is 5.30. The third kappa shape index (κ3) is 3.46. The van der Waals surface area contributed by atoms with E-state index in [1.807, 2.05) is 12.1 Å². The molecule has 1 aromatic rings. The summed E-state index contributed by atoms with van der Waals surface area (Å²) in [5.41, 5.74) is 2.27. The summed E-state index contributed by atoms with van der Waals surface area (Å²) in [6.45, 7) is 2.49. The van der Waals surface area contributed by atoms with Gasteiger partial charge >= 0.3 is 6.09 Å². The van der Waals surface area contributed by atoms with Gasteiger partial charge in [-0.2, -0.15) is 0 Å². The molecule has 1 amide bonds. The van der Waals surface area contributed by atoms with E-state index in [4.69, 9.17) is 9.84 Å². The number of ether oxygens (including phenoxy) is 1. The number of carbonyl (C=O) groups is 1. The van der Waals surface area contributed by atoms with E-state index in [1.165, 1.54) is 5.56 Å². The molecule has 4 heteroatoms. The van der Waals surface area contributed by atoms with Gasteiger partial charge in [0.2, 0.25) is 0 Å². The molecule has 1 aromatic carbocycles. The van der Waals surface area contributed by atoms with Crippen molar-refractivity contribution in [3.63, 3.8) is 0 Å². The number of aryl methyl sites for hydroxylation is 1. The van der Waals surface area contributed by atoms with E-state index < -0.39 is 6.09 Å². The molecule has 88 valence electrons. The molecule has 16 heavy (non-hydrogen) atoms. The van der Waals surface area contributed by atoms with Gasteiger partial charge in [0, 0.05) is 6.54 Å². The molecule has 0 aliphatic rings. The summed E-state index contributed by atoms with van der Waals surface area (Å²) in [6, 6.07) is 6.00. The van der Waals surface area contributed by atoms with Gasteiger partial charge in [-0.15, -0.1) is 0 Å². The van der Waals surface area contributed by atoms with Gasteiger partial charge in [0.25, 0.3) is 0 Å². The Kier molecular flexibility index (Phi) is 4.64. The third-order valence-corrected chi connectivity index (χ3v) is 2.42. The van der Waals surface area contributed by atoms with Crippen LogP contribution in [0, 0.1) is 0 Å². The minimum absolute atomic E-state index is 0.402. The Labute approximate surface area is 95.2 Å². The van der Waals surface area contributed by atoms with Gasteiger partial charge in [-0.05, 0) is 30.0 Å². The molecule has 0 unspecified atom stereocenters. The average Bonchev–Trinajstić information content (AvgIpc) is 2.28. The topological polar surface area (TPSA) is 58.6 Å². The maximum Gasteiger partial charge on any atom is 0.404 e. The Morgan fingerprint density at radius 3 is 2.81 bits per heavy atom. The summed E-state index contributed by atoms with van der Waals surface area (Å²) in [5, 5.41) is 10.8. The van der Waals surface area contributed by atoms with Gasteiger partial charge in [0.05, 0.1) is 7.11 Å². The summed E-state index contributed by atoms with van der Waals surface area (Å²) < 4.78 is 5.23. The highest BCUT2D eigenvalue weighted by molar-refractivity contribution is 5.64. The van der Waals surface area contributed by atoms with Crippen LogP contribution in [0.25, 0.3) is 0 Å². The van der Waals surface area contributed by atoms with Gasteiger partial charge in [0.15, 0.2) is 0 Å². The van der Waals surface area contributed by atoms with Crippen LogP contribution in [0.1, 0.15) is 18.1 Å². The predicted molar refractivity (Wildman–Crippen MR) is 62.1 cm³/mol. The number of benzene rings is 1. The van der Waals surface area contributed by atoms with Crippen LogP contribution in [0.4, 0.5) is 4.79 Å². The fraction of sp³-hybridized carbons (Fsp3) is 0.417. The minimum atomic E-state index is -0.995. The zero-order valence-corrected chi connectivity index (χ0v) is 9.62. The molecule has 2 N–H and O–H groups in total. The summed E-state index contributed by atoms with van der Waals surface area (Å²) in [5.74, 6) is 0.810. The van der Waals surface area contributed by atoms with Crippen molar-refractivity contribution >= 4 is 6.09 Å². The number of carboxylic acid groups (broad SMARTS) is 1. The van der Waals surface area contributed by atoms with Crippen LogP contribution >= 0.6 is 0 Å². The molecule has 0 fully saturated rings. The maximum atomic E-state index is 10.3. The van der Waals surface area contributed by atoms with Gasteiger partial charge in [0.1, 0.15) is 5.75 Å². The van der Waals surface area contributed by atoms with E-state index in [0.717, 1.165) is 17.7 Å². The largest absolute Gasteiger partial charge is 0.496 e. The summed E-state index contributed by atoms with van der Waals surface area (Å²) in [4.78, 5) is 10.3. The molecular formula is C12H17NO3. The molecule has 0 spiro atoms. The first-order chi connectivity index (χ1) is 7.67. The molecule has 1 rings (SSSR count). The van der Waals surface area contributed by atoms with Crippen LogP contribution in [0.15, 0.2) is 18.2 Å². The van der Waals surface area contributed by atoms with Gasteiger partial charge < -0.3 is 15.2 Å². The Bertz CT molecular complexity index is 363. The second-order valence-electron chi connectivity index (χ2n) is 3.48. The quantitative estimate of drug-likeness (QED) is 0.803. The Balaban J connectivity index is 2.71. The van der Waals surface area contributed by atoms with E-state index in [9.17, 15) is 4.79 Å². The predicted octanol–water partition coefficient (Wildman–Crippen LogP) is 2.07. The van der Waals surface area contributed by atoms with Crippen molar-refractivity contribution in [1.82, 2.24) is 5.32 Å². The molecule has 0 bridgehead atoms. The number of hydrogen-bond donors (Lipinski definition) is 2. The molecule has 0 aliphatic carbocycles. The van der Waals surface area contributed by atoms with Crippen LogP contribution in [0.2, 0.25) is 0 Å². The average molecular weight is 223 g/mol. The number of hydrogen-bond acceptors (Lipinski definition) is 2. The third-order valence-electron chi connectivity index (χ3n) is 2.42. The van der Waals surface area contributed by atoms with Crippen molar-refractivity contribution in [1.29, 1.82) is 0 Å². The van der Waals surface area contributed by atoms with Crippen molar-refractivity contribution in [3.05, 3.63) is 29.3 Å². The van der Waals surface area contributed by atoms with Crippen LogP contribution in [0.5, 0.6) is 5.75 Å². The monoisotopic (exact) mass is 223 g/mol. The fourth-order valence-electron chi connectivity index (χ4n) is 1.55. The molecule has 0 radical (unpaired) electrons. The SMILES string of the molecule is CCc1ccc(OC)c(CCNC(=O)O)c1. The van der Waals surface area contributed by atoms with Gasteiger partial charge in [-0.25, -0.2) is 4.79 Å². The number of methoxy groups -OCH3 is 1. The molecule has 0 atom stereocenters. The highest BCUT2D eigenvalue weighted by Crippen LogP contribution is 2.20. The van der Waals surface area contributed by atoms with Crippen LogP contribution in [-0.2, 0) is 12.8 Å². The zero-order valence-electron chi connectivity index (χ0n) is 9.62. The number of rotatable bonds is 5. The molecule has 0 aromatic heterocycles. The summed E-state index contributed by atoms with van der Waals surface area (Å²) in [6.07, 6.45) is 0.609. The van der Waals surface area contributed by atoms with Crippen molar-refractivity contribution in [3.8, 4) is 5.75 Å². The first kappa shape index (κ1) is 12.4. The molecule has 0 aliphatic heterocycles. The van der Waals surface area contributed by atoms with E-state index in [2.05, 4.69) is 18.3 Å². The Hall–Kier alpha value is -1.71. The lowest BCUT2D eigenvalue weighted by molar-refractivity contribution is 0.194. The summed E-state index contributed by atoms with van der Waals surface area (Å²) >= 11 is 0. The lowest BCUT2D eigenvalue weighted by Crippen LogP contribution is -2.23. The fourth-order valence-corrected chi connectivity index (χ4v) is 1.55. The lowest BCUT2D eigenvalue weighted by Gasteiger charge is -2.10. The smallest absolute Gasteiger partial charge is 0.404 e. The van der Waals surface area contributed by atoms with E-state index in [0.29, 0.717) is 13.0 Å². The van der Waals surface area contributed by atoms with E-state index in [1.54, 1.807) is 7.11 Å². The van der Waals surface area contributed by atoms with Crippen molar-refractivity contribution < 1.29 is 14.6 Å². The number of amides is 1. The normalized spacial score (nSPS) is 9.88. The Morgan fingerprint density at radius 2 is 2.25 bits per heavy atom. The molecule has 0 saturated heterocycles. The number of nitrogens with one attached hydrogen (secondary N) is 1. The Morgan fingerprint density at radius 1 is 1.50 bits per heavy atom. The molecule has 0 saturated carbocycles. The van der Waals surface area contributed by atoms with E-state index in [-0.39, 0.29) is 0 Å². The van der Waals surface area contributed by atoms with Crippen LogP contribution < -0.4 is 10.1 Å². The van der Waals surface area contributed by atoms with Crippen LogP contribution in [-0.4, -0.2) is 24.9 Å². The maximum absolute atomic E-state index is 10.3.